The number of rotatable bonds is 6. The first-order valence-electron chi connectivity index (χ1n) is 12.9. The number of nitrogens with zero attached hydrogens (tertiary/aromatic N) is 2. The molecule has 202 valence electrons. The highest BCUT2D eigenvalue weighted by molar-refractivity contribution is 6.33. The van der Waals surface area contributed by atoms with Crippen LogP contribution in [0.4, 0.5) is 5.69 Å². The van der Waals surface area contributed by atoms with Gasteiger partial charge in [-0.1, -0.05) is 11.6 Å². The van der Waals surface area contributed by atoms with Gasteiger partial charge in [0.1, 0.15) is 6.04 Å². The average molecular weight is 541 g/mol. The lowest BCUT2D eigenvalue weighted by molar-refractivity contribution is -0.147. The van der Waals surface area contributed by atoms with Crippen LogP contribution >= 0.6 is 11.6 Å². The van der Waals surface area contributed by atoms with Gasteiger partial charge in [0.05, 0.1) is 41.7 Å². The fourth-order valence-corrected chi connectivity index (χ4v) is 5.79. The Morgan fingerprint density at radius 3 is 2.71 bits per heavy atom. The van der Waals surface area contributed by atoms with Crippen LogP contribution in [0.2, 0.25) is 5.02 Å². The summed E-state index contributed by atoms with van der Waals surface area (Å²) in [6, 6.07) is 4.78. The molecule has 3 amide bonds. The van der Waals surface area contributed by atoms with Gasteiger partial charge in [0.25, 0.3) is 0 Å². The largest absolute Gasteiger partial charge is 0.372 e. The molecule has 5 N–H and O–H groups in total. The number of nitrogens with one attached hydrogen (secondary N) is 3. The first-order valence-corrected chi connectivity index (χ1v) is 13.3. The minimum absolute atomic E-state index is 0.00401. The molecular weight excluding hydrogens is 508 g/mol. The van der Waals surface area contributed by atoms with E-state index in [2.05, 4.69) is 20.6 Å². The third kappa shape index (κ3) is 5.62. The number of aromatic nitrogens is 2. The van der Waals surface area contributed by atoms with Crippen LogP contribution in [0.1, 0.15) is 39.5 Å². The summed E-state index contributed by atoms with van der Waals surface area (Å²) < 4.78 is 5.97. The van der Waals surface area contributed by atoms with Gasteiger partial charge in [0.2, 0.25) is 17.7 Å². The minimum atomic E-state index is -0.667. The summed E-state index contributed by atoms with van der Waals surface area (Å²) in [5, 5.41) is 8.42. The van der Waals surface area contributed by atoms with Crippen molar-refractivity contribution in [1.29, 1.82) is 0 Å². The smallest absolute Gasteiger partial charge is 0.244 e. The predicted molar refractivity (Wildman–Crippen MR) is 146 cm³/mol. The van der Waals surface area contributed by atoms with Gasteiger partial charge in [-0.05, 0) is 57.7 Å². The molecule has 1 aliphatic heterocycles. The van der Waals surface area contributed by atoms with E-state index in [9.17, 15) is 14.4 Å². The summed E-state index contributed by atoms with van der Waals surface area (Å²) in [6.45, 7) is 4.50. The number of pyridine rings is 1. The SMILES string of the molecule is CC1(C)CN(CC(=O)N[C@H]2CC[C@@H](C(N)=O)CC2)[C@H](C(=O)Nc2cc(Cl)cc3c2[nH]c2cnccc23)CO1. The second kappa shape index (κ2) is 10.5. The first-order chi connectivity index (χ1) is 18.1. The Morgan fingerprint density at radius 2 is 1.97 bits per heavy atom. The summed E-state index contributed by atoms with van der Waals surface area (Å²) in [5.41, 5.74) is 7.05. The van der Waals surface area contributed by atoms with E-state index in [1.165, 1.54) is 0 Å². The lowest BCUT2D eigenvalue weighted by atomic mass is 9.85. The summed E-state index contributed by atoms with van der Waals surface area (Å²) in [6.07, 6.45) is 6.21. The number of amides is 3. The molecule has 1 atom stereocenters. The lowest BCUT2D eigenvalue weighted by Crippen LogP contribution is -2.60. The molecule has 0 spiro atoms. The monoisotopic (exact) mass is 540 g/mol. The van der Waals surface area contributed by atoms with Crippen molar-refractivity contribution in [1.82, 2.24) is 20.2 Å². The van der Waals surface area contributed by atoms with Crippen molar-refractivity contribution >= 4 is 56.8 Å². The molecule has 1 saturated carbocycles. The molecule has 38 heavy (non-hydrogen) atoms. The Balaban J connectivity index is 1.30. The van der Waals surface area contributed by atoms with Crippen LogP contribution in [0, 0.1) is 5.92 Å². The minimum Gasteiger partial charge on any atom is -0.372 e. The topological polar surface area (TPSA) is 142 Å². The maximum Gasteiger partial charge on any atom is 0.244 e. The zero-order chi connectivity index (χ0) is 27.0. The van der Waals surface area contributed by atoms with Gasteiger partial charge >= 0.3 is 0 Å². The highest BCUT2D eigenvalue weighted by atomic mass is 35.5. The highest BCUT2D eigenvalue weighted by Gasteiger charge is 2.39. The summed E-state index contributed by atoms with van der Waals surface area (Å²) in [4.78, 5) is 47.3. The Bertz CT molecular complexity index is 1380. The lowest BCUT2D eigenvalue weighted by Gasteiger charge is -2.42. The van der Waals surface area contributed by atoms with Crippen molar-refractivity contribution in [3.63, 3.8) is 0 Å². The Morgan fingerprint density at radius 1 is 1.21 bits per heavy atom. The molecule has 2 aliphatic rings. The normalized spacial score (nSPS) is 23.8. The number of H-pyrrole nitrogens is 1. The number of benzene rings is 1. The van der Waals surface area contributed by atoms with Gasteiger partial charge in [0, 0.05) is 40.5 Å². The van der Waals surface area contributed by atoms with E-state index in [0.29, 0.717) is 42.9 Å². The zero-order valence-corrected chi connectivity index (χ0v) is 22.3. The number of hydrogen-bond donors (Lipinski definition) is 4. The number of morpholine rings is 1. The summed E-state index contributed by atoms with van der Waals surface area (Å²) in [5.74, 6) is -0.838. The number of nitrogens with two attached hydrogens (primary N) is 1. The third-order valence-corrected chi connectivity index (χ3v) is 7.75. The Labute approximate surface area is 225 Å². The Kier molecular flexibility index (Phi) is 7.30. The van der Waals surface area contributed by atoms with E-state index < -0.39 is 11.6 Å². The molecule has 5 rings (SSSR count). The number of primary amides is 1. The van der Waals surface area contributed by atoms with Gasteiger partial charge in [-0.3, -0.25) is 24.3 Å². The van der Waals surface area contributed by atoms with Crippen LogP contribution in [0.3, 0.4) is 0 Å². The zero-order valence-electron chi connectivity index (χ0n) is 21.6. The molecule has 2 fully saturated rings. The maximum atomic E-state index is 13.6. The van der Waals surface area contributed by atoms with Gasteiger partial charge < -0.3 is 26.1 Å². The van der Waals surface area contributed by atoms with Crippen molar-refractivity contribution in [3.05, 3.63) is 35.6 Å². The van der Waals surface area contributed by atoms with E-state index in [1.807, 2.05) is 30.9 Å². The highest BCUT2D eigenvalue weighted by Crippen LogP contribution is 2.33. The number of carbonyl (C=O) groups excluding carboxylic acids is 3. The number of halogens is 1. The molecule has 3 aromatic rings. The second-order valence-electron chi connectivity index (χ2n) is 10.9. The number of aromatic amines is 1. The van der Waals surface area contributed by atoms with Crippen LogP contribution in [0.5, 0.6) is 0 Å². The fraction of sp³-hybridized carbons (Fsp3) is 0.481. The van der Waals surface area contributed by atoms with Gasteiger partial charge in [0.15, 0.2) is 0 Å². The van der Waals surface area contributed by atoms with E-state index in [4.69, 9.17) is 22.1 Å². The quantitative estimate of drug-likeness (QED) is 0.378. The van der Waals surface area contributed by atoms with Crippen LogP contribution in [-0.2, 0) is 19.1 Å². The summed E-state index contributed by atoms with van der Waals surface area (Å²) >= 11 is 6.41. The first kappa shape index (κ1) is 26.4. The van der Waals surface area contributed by atoms with Crippen LogP contribution in [0.25, 0.3) is 21.8 Å². The van der Waals surface area contributed by atoms with Crippen molar-refractivity contribution < 1.29 is 19.1 Å². The van der Waals surface area contributed by atoms with Crippen molar-refractivity contribution in [3.8, 4) is 0 Å². The molecule has 3 heterocycles. The molecule has 0 unspecified atom stereocenters. The van der Waals surface area contributed by atoms with Gasteiger partial charge in [-0.25, -0.2) is 0 Å². The number of fused-ring (bicyclic) bond motifs is 3. The fourth-order valence-electron chi connectivity index (χ4n) is 5.57. The van der Waals surface area contributed by atoms with Crippen molar-refractivity contribution in [2.24, 2.45) is 11.7 Å². The molecule has 0 radical (unpaired) electrons. The molecule has 1 aliphatic carbocycles. The predicted octanol–water partition coefficient (Wildman–Crippen LogP) is 2.95. The molecule has 10 nitrogen and oxygen atoms in total. The number of anilines is 1. The molecule has 1 saturated heterocycles. The van der Waals surface area contributed by atoms with Crippen molar-refractivity contribution in [2.75, 3.05) is 25.0 Å². The van der Waals surface area contributed by atoms with E-state index in [0.717, 1.165) is 21.8 Å². The second-order valence-corrected chi connectivity index (χ2v) is 11.4. The number of ether oxygens (including phenoxy) is 1. The molecule has 1 aromatic carbocycles. The van der Waals surface area contributed by atoms with Gasteiger partial charge in [-0.2, -0.15) is 0 Å². The number of carbonyl (C=O) groups is 3. The number of hydrogen-bond acceptors (Lipinski definition) is 6. The molecule has 2 aromatic heterocycles. The summed E-state index contributed by atoms with van der Waals surface area (Å²) in [7, 11) is 0. The standard InChI is InChI=1S/C27H33ClN6O4/c1-27(2)14-34(12-23(35)31-17-5-3-15(4-6-17)25(29)36)22(13-38-27)26(37)33-20-10-16(28)9-19-18-7-8-30-11-21(18)32-24(19)20/h7-11,15,17,22,32H,3-6,12-14H2,1-2H3,(H2,29,36)(H,31,35)(H,33,37)/t15-,17+,22-/m0/s1. The molecular formula is C27H33ClN6O4. The molecule has 11 heteroatoms. The van der Waals surface area contributed by atoms with E-state index in [1.54, 1.807) is 18.5 Å². The third-order valence-electron chi connectivity index (χ3n) is 7.53. The van der Waals surface area contributed by atoms with Gasteiger partial charge in [-0.15, -0.1) is 0 Å². The van der Waals surface area contributed by atoms with E-state index in [-0.39, 0.29) is 42.8 Å². The average Bonchev–Trinajstić information content (AvgIpc) is 3.22. The van der Waals surface area contributed by atoms with E-state index >= 15 is 0 Å². The van der Waals surface area contributed by atoms with Crippen LogP contribution < -0.4 is 16.4 Å². The molecule has 0 bridgehead atoms. The van der Waals surface area contributed by atoms with Crippen LogP contribution in [0.15, 0.2) is 30.6 Å². The van der Waals surface area contributed by atoms with Crippen molar-refractivity contribution in [2.45, 2.75) is 57.2 Å². The Hall–Kier alpha value is -3.21. The maximum absolute atomic E-state index is 13.6. The van der Waals surface area contributed by atoms with Crippen LogP contribution in [-0.4, -0.2) is 70.0 Å².